The maximum absolute atomic E-state index is 8.58. The molecule has 0 saturated heterocycles. The van der Waals surface area contributed by atoms with Crippen LogP contribution in [0.5, 0.6) is 0 Å². The second kappa shape index (κ2) is 10.9. The van der Waals surface area contributed by atoms with Crippen molar-refractivity contribution >= 4 is 11.7 Å². The summed E-state index contributed by atoms with van der Waals surface area (Å²) in [5, 5.41) is 8.58. The number of amidine groups is 2. The van der Waals surface area contributed by atoms with Crippen molar-refractivity contribution in [2.75, 3.05) is 7.05 Å². The zero-order chi connectivity index (χ0) is 22.1. The first kappa shape index (κ1) is 23.6. The normalized spacial score (nSPS) is 13.8. The van der Waals surface area contributed by atoms with E-state index in [0.717, 1.165) is 36.2 Å². The Labute approximate surface area is 183 Å². The monoisotopic (exact) mass is 403 g/mol. The van der Waals surface area contributed by atoms with Crippen LogP contribution in [0.25, 0.3) is 0 Å². The molecule has 1 N–H and O–H groups in total. The van der Waals surface area contributed by atoms with Crippen molar-refractivity contribution in [1.82, 2.24) is 4.90 Å². The summed E-state index contributed by atoms with van der Waals surface area (Å²) in [5.41, 5.74) is 3.49. The fraction of sp³-hybridized carbons (Fsp3) is 0.407. The quantitative estimate of drug-likeness (QED) is 0.303. The Morgan fingerprint density at radius 2 is 1.50 bits per heavy atom. The van der Waals surface area contributed by atoms with Gasteiger partial charge in [-0.3, -0.25) is 5.41 Å². The van der Waals surface area contributed by atoms with Crippen molar-refractivity contribution in [2.45, 2.75) is 59.9 Å². The standard InChI is InChI=1S/C27H37N3/c1-7-15-23(27(3,4)5)20-24(8-2)30(6)26(22-18-13-10-14-19-22)29-25(28)21-16-11-9-12-17-21/h9-19,24,28H,7-8,20H2,1-6H3/b23-15+,28-25?,29-26?. The molecule has 0 bridgehead atoms. The Hall–Kier alpha value is -2.68. The highest BCUT2D eigenvalue weighted by Gasteiger charge is 2.24. The zero-order valence-corrected chi connectivity index (χ0v) is 19.4. The van der Waals surface area contributed by atoms with E-state index in [1.54, 1.807) is 0 Å². The first-order valence-corrected chi connectivity index (χ1v) is 11.0. The number of rotatable bonds is 7. The first-order chi connectivity index (χ1) is 14.3. The predicted molar refractivity (Wildman–Crippen MR) is 131 cm³/mol. The molecule has 0 radical (unpaired) electrons. The number of aliphatic imine (C=N–C) groups is 1. The molecule has 0 fully saturated rings. The van der Waals surface area contributed by atoms with Gasteiger partial charge in [-0.2, -0.15) is 0 Å². The van der Waals surface area contributed by atoms with Crippen molar-refractivity contribution in [2.24, 2.45) is 10.4 Å². The largest absolute Gasteiger partial charge is 0.356 e. The van der Waals surface area contributed by atoms with E-state index in [1.807, 2.05) is 48.5 Å². The van der Waals surface area contributed by atoms with E-state index in [-0.39, 0.29) is 11.3 Å². The summed E-state index contributed by atoms with van der Waals surface area (Å²) in [6.07, 6.45) is 5.43. The molecule has 0 aliphatic carbocycles. The zero-order valence-electron chi connectivity index (χ0n) is 19.4. The average Bonchev–Trinajstić information content (AvgIpc) is 2.74. The summed E-state index contributed by atoms with van der Waals surface area (Å²) in [5.74, 6) is 1.14. The molecule has 0 amide bonds. The third-order valence-electron chi connectivity index (χ3n) is 5.52. The van der Waals surface area contributed by atoms with Crippen molar-refractivity contribution < 1.29 is 0 Å². The Kier molecular flexibility index (Phi) is 8.58. The molecule has 2 rings (SSSR count). The fourth-order valence-corrected chi connectivity index (χ4v) is 3.62. The van der Waals surface area contributed by atoms with Crippen LogP contribution in [0, 0.1) is 10.8 Å². The van der Waals surface area contributed by atoms with Gasteiger partial charge in [0.1, 0.15) is 5.84 Å². The van der Waals surface area contributed by atoms with E-state index in [2.05, 4.69) is 64.8 Å². The van der Waals surface area contributed by atoms with Crippen molar-refractivity contribution in [3.05, 3.63) is 83.4 Å². The number of hydrogen-bond donors (Lipinski definition) is 1. The van der Waals surface area contributed by atoms with E-state index >= 15 is 0 Å². The van der Waals surface area contributed by atoms with Crippen LogP contribution in [-0.2, 0) is 0 Å². The van der Waals surface area contributed by atoms with Gasteiger partial charge < -0.3 is 4.90 Å². The second-order valence-corrected chi connectivity index (χ2v) is 8.78. The molecule has 2 aromatic carbocycles. The van der Waals surface area contributed by atoms with Gasteiger partial charge in [-0.15, -0.1) is 0 Å². The summed E-state index contributed by atoms with van der Waals surface area (Å²) in [7, 11) is 2.12. The smallest absolute Gasteiger partial charge is 0.154 e. The highest BCUT2D eigenvalue weighted by molar-refractivity contribution is 6.10. The minimum Gasteiger partial charge on any atom is -0.356 e. The molecule has 0 heterocycles. The molecular weight excluding hydrogens is 366 g/mol. The van der Waals surface area contributed by atoms with Gasteiger partial charge in [0.05, 0.1) is 0 Å². The highest BCUT2D eigenvalue weighted by atomic mass is 15.2. The maximum Gasteiger partial charge on any atom is 0.154 e. The van der Waals surface area contributed by atoms with Crippen molar-refractivity contribution in [1.29, 1.82) is 5.41 Å². The van der Waals surface area contributed by atoms with Gasteiger partial charge in [0.2, 0.25) is 0 Å². The van der Waals surface area contributed by atoms with Gasteiger partial charge in [0, 0.05) is 24.2 Å². The lowest BCUT2D eigenvalue weighted by atomic mass is 9.81. The second-order valence-electron chi connectivity index (χ2n) is 8.78. The minimum atomic E-state index is 0.144. The highest BCUT2D eigenvalue weighted by Crippen LogP contribution is 2.31. The summed E-state index contributed by atoms with van der Waals surface area (Å²) >= 11 is 0. The maximum atomic E-state index is 8.58. The molecule has 0 aliphatic heterocycles. The lowest BCUT2D eigenvalue weighted by Crippen LogP contribution is -2.39. The summed E-state index contributed by atoms with van der Waals surface area (Å²) < 4.78 is 0. The van der Waals surface area contributed by atoms with E-state index in [9.17, 15) is 0 Å². The lowest BCUT2D eigenvalue weighted by molar-refractivity contribution is 0.330. The molecule has 0 aliphatic rings. The van der Waals surface area contributed by atoms with Crippen molar-refractivity contribution in [3.63, 3.8) is 0 Å². The van der Waals surface area contributed by atoms with Crippen LogP contribution in [0.4, 0.5) is 0 Å². The van der Waals surface area contributed by atoms with Crippen LogP contribution in [-0.4, -0.2) is 29.7 Å². The van der Waals surface area contributed by atoms with E-state index in [1.165, 1.54) is 5.57 Å². The van der Waals surface area contributed by atoms with Gasteiger partial charge in [-0.1, -0.05) is 107 Å². The van der Waals surface area contributed by atoms with Crippen LogP contribution in [0.15, 0.2) is 77.3 Å². The SMILES string of the molecule is CC/C=C(\CC(CC)N(C)C(=NC(=N)c1ccccc1)c1ccccc1)C(C)(C)C. The van der Waals surface area contributed by atoms with E-state index < -0.39 is 0 Å². The van der Waals surface area contributed by atoms with Crippen LogP contribution in [0.1, 0.15) is 65.0 Å². The third-order valence-corrected chi connectivity index (χ3v) is 5.52. The summed E-state index contributed by atoms with van der Waals surface area (Å²) in [6.45, 7) is 11.3. The predicted octanol–water partition coefficient (Wildman–Crippen LogP) is 6.94. The molecule has 3 nitrogen and oxygen atoms in total. The van der Waals surface area contributed by atoms with Gasteiger partial charge in [0.15, 0.2) is 5.84 Å². The summed E-state index contributed by atoms with van der Waals surface area (Å²) in [6, 6.07) is 20.3. The Morgan fingerprint density at radius 1 is 0.967 bits per heavy atom. The Morgan fingerprint density at radius 3 is 1.97 bits per heavy atom. The number of allylic oxidation sites excluding steroid dienone is 1. The molecule has 0 aromatic heterocycles. The lowest BCUT2D eigenvalue weighted by Gasteiger charge is -2.34. The molecule has 0 spiro atoms. The molecule has 2 aromatic rings. The van der Waals surface area contributed by atoms with Crippen LogP contribution in [0.2, 0.25) is 0 Å². The fourth-order valence-electron chi connectivity index (χ4n) is 3.62. The first-order valence-electron chi connectivity index (χ1n) is 11.0. The number of nitrogens with one attached hydrogen (secondary N) is 1. The molecule has 1 unspecified atom stereocenters. The number of benzene rings is 2. The molecular formula is C27H37N3. The average molecular weight is 404 g/mol. The third kappa shape index (κ3) is 6.41. The number of hydrogen-bond acceptors (Lipinski definition) is 1. The van der Waals surface area contributed by atoms with Gasteiger partial charge in [-0.25, -0.2) is 4.99 Å². The van der Waals surface area contributed by atoms with Crippen LogP contribution < -0.4 is 0 Å². The molecule has 160 valence electrons. The Balaban J connectivity index is 2.43. The topological polar surface area (TPSA) is 39.5 Å². The van der Waals surface area contributed by atoms with Gasteiger partial charge in [0.25, 0.3) is 0 Å². The number of nitrogens with zero attached hydrogens (tertiary/aromatic N) is 2. The van der Waals surface area contributed by atoms with E-state index in [4.69, 9.17) is 10.4 Å². The Bertz CT molecular complexity index is 858. The van der Waals surface area contributed by atoms with E-state index in [0.29, 0.717) is 6.04 Å². The molecule has 3 heteroatoms. The molecule has 0 saturated carbocycles. The molecule has 1 atom stereocenters. The van der Waals surface area contributed by atoms with Crippen molar-refractivity contribution in [3.8, 4) is 0 Å². The minimum absolute atomic E-state index is 0.144. The van der Waals surface area contributed by atoms with Crippen LogP contribution >= 0.6 is 0 Å². The van der Waals surface area contributed by atoms with Gasteiger partial charge in [-0.05, 0) is 24.7 Å². The van der Waals surface area contributed by atoms with Gasteiger partial charge >= 0.3 is 0 Å². The summed E-state index contributed by atoms with van der Waals surface area (Å²) in [4.78, 5) is 7.07. The van der Waals surface area contributed by atoms with Crippen LogP contribution in [0.3, 0.4) is 0 Å². The molecule has 30 heavy (non-hydrogen) atoms.